The highest BCUT2D eigenvalue weighted by Gasteiger charge is 2.23. The summed E-state index contributed by atoms with van der Waals surface area (Å²) < 4.78 is 5.49. The third-order valence-electron chi connectivity index (χ3n) is 3.52. The lowest BCUT2D eigenvalue weighted by Crippen LogP contribution is -2.34. The van der Waals surface area contributed by atoms with Crippen LogP contribution in [0.15, 0.2) is 35.9 Å². The van der Waals surface area contributed by atoms with Crippen LogP contribution in [0.1, 0.15) is 25.3 Å². The second kappa shape index (κ2) is 7.27. The van der Waals surface area contributed by atoms with Crippen molar-refractivity contribution in [2.24, 2.45) is 5.92 Å². The molecule has 0 spiro atoms. The highest BCUT2D eigenvalue weighted by Crippen LogP contribution is 2.35. The zero-order valence-corrected chi connectivity index (χ0v) is 12.6. The van der Waals surface area contributed by atoms with Gasteiger partial charge < -0.3 is 15.2 Å². The van der Waals surface area contributed by atoms with E-state index in [2.05, 4.69) is 5.32 Å². The molecule has 0 bridgehead atoms. The minimum absolute atomic E-state index is 0.144. The average molecular weight is 289 g/mol. The van der Waals surface area contributed by atoms with Gasteiger partial charge in [0.1, 0.15) is 18.5 Å². The van der Waals surface area contributed by atoms with Crippen molar-refractivity contribution in [2.45, 2.75) is 32.8 Å². The number of allylic oxidation sites excluding steroid dienone is 1. The number of benzene rings is 1. The lowest BCUT2D eigenvalue weighted by molar-refractivity contribution is -0.117. The summed E-state index contributed by atoms with van der Waals surface area (Å²) in [5.41, 5.74) is 2.23. The Morgan fingerprint density at radius 2 is 2.29 bits per heavy atom. The van der Waals surface area contributed by atoms with Gasteiger partial charge in [0.15, 0.2) is 0 Å². The van der Waals surface area contributed by atoms with Crippen LogP contribution in [0.2, 0.25) is 0 Å². The zero-order valence-electron chi connectivity index (χ0n) is 12.6. The summed E-state index contributed by atoms with van der Waals surface area (Å²) >= 11 is 0. The third kappa shape index (κ3) is 5.60. The minimum atomic E-state index is -0.718. The van der Waals surface area contributed by atoms with Crippen LogP contribution in [0.4, 0.5) is 0 Å². The van der Waals surface area contributed by atoms with E-state index < -0.39 is 6.10 Å². The van der Waals surface area contributed by atoms with Crippen LogP contribution in [0.25, 0.3) is 0 Å². The van der Waals surface area contributed by atoms with E-state index >= 15 is 0 Å². The molecule has 21 heavy (non-hydrogen) atoms. The maximum atomic E-state index is 11.7. The Hall–Kier alpha value is -1.81. The molecule has 0 aromatic heterocycles. The molecule has 4 nitrogen and oxygen atoms in total. The van der Waals surface area contributed by atoms with Crippen molar-refractivity contribution in [3.05, 3.63) is 41.5 Å². The molecule has 1 fully saturated rings. The Balaban J connectivity index is 1.68. The first-order valence-corrected chi connectivity index (χ1v) is 7.38. The quantitative estimate of drug-likeness (QED) is 0.757. The molecule has 0 radical (unpaired) electrons. The zero-order chi connectivity index (χ0) is 15.2. The number of aryl methyl sites for hydroxylation is 1. The first kappa shape index (κ1) is 15.6. The fraction of sp³-hybridized carbons (Fsp3) is 0.471. The summed E-state index contributed by atoms with van der Waals surface area (Å²) in [4.78, 5) is 11.7. The van der Waals surface area contributed by atoms with Gasteiger partial charge in [-0.15, -0.1) is 0 Å². The van der Waals surface area contributed by atoms with Gasteiger partial charge in [-0.3, -0.25) is 4.79 Å². The number of nitrogens with one attached hydrogen (secondary N) is 1. The number of aliphatic hydroxyl groups excluding tert-OH is 1. The first-order valence-electron chi connectivity index (χ1n) is 7.38. The van der Waals surface area contributed by atoms with Gasteiger partial charge in [-0.2, -0.15) is 0 Å². The van der Waals surface area contributed by atoms with E-state index in [1.807, 2.05) is 38.1 Å². The Bertz CT molecular complexity index is 521. The summed E-state index contributed by atoms with van der Waals surface area (Å²) in [6, 6.07) is 7.65. The van der Waals surface area contributed by atoms with Gasteiger partial charge in [0.2, 0.25) is 5.91 Å². The van der Waals surface area contributed by atoms with Gasteiger partial charge in [0.25, 0.3) is 0 Å². The van der Waals surface area contributed by atoms with Crippen molar-refractivity contribution in [1.82, 2.24) is 5.32 Å². The second-order valence-corrected chi connectivity index (χ2v) is 5.69. The predicted octanol–water partition coefficient (Wildman–Crippen LogP) is 2.21. The van der Waals surface area contributed by atoms with Crippen LogP contribution in [0.3, 0.4) is 0 Å². The van der Waals surface area contributed by atoms with Crippen molar-refractivity contribution in [3.8, 4) is 5.75 Å². The van der Waals surface area contributed by atoms with Crippen LogP contribution < -0.4 is 10.1 Å². The van der Waals surface area contributed by atoms with Gasteiger partial charge in [-0.05, 0) is 50.3 Å². The molecule has 2 rings (SSSR count). The van der Waals surface area contributed by atoms with E-state index in [9.17, 15) is 9.90 Å². The van der Waals surface area contributed by atoms with Gasteiger partial charge in [0, 0.05) is 12.6 Å². The van der Waals surface area contributed by atoms with Crippen LogP contribution >= 0.6 is 0 Å². The summed E-state index contributed by atoms with van der Waals surface area (Å²) in [5.74, 6) is 1.17. The summed E-state index contributed by atoms with van der Waals surface area (Å²) in [6.07, 6.45) is 3.28. The Labute approximate surface area is 125 Å². The van der Waals surface area contributed by atoms with Crippen molar-refractivity contribution >= 4 is 5.91 Å². The fourth-order valence-electron chi connectivity index (χ4n) is 2.09. The topological polar surface area (TPSA) is 58.6 Å². The lowest BCUT2D eigenvalue weighted by Gasteiger charge is -2.13. The molecule has 0 aliphatic heterocycles. The Morgan fingerprint density at radius 3 is 2.95 bits per heavy atom. The smallest absolute Gasteiger partial charge is 0.244 e. The van der Waals surface area contributed by atoms with E-state index in [-0.39, 0.29) is 19.1 Å². The SMILES string of the molecule is C/C(=C/C(=O)NCC(O)COc1cccc(C)c1)C1CC1. The number of hydrogen-bond acceptors (Lipinski definition) is 3. The average Bonchev–Trinajstić information content (AvgIpc) is 3.27. The number of hydrogen-bond donors (Lipinski definition) is 2. The number of carbonyl (C=O) groups is 1. The maximum absolute atomic E-state index is 11.7. The van der Waals surface area contributed by atoms with E-state index in [0.29, 0.717) is 5.92 Å². The summed E-state index contributed by atoms with van der Waals surface area (Å²) in [6.45, 7) is 4.32. The third-order valence-corrected chi connectivity index (χ3v) is 3.52. The molecule has 1 saturated carbocycles. The molecule has 1 unspecified atom stereocenters. The molecular formula is C17H23NO3. The standard InChI is InChI=1S/C17H23NO3/c1-12-4-3-5-16(8-12)21-11-15(19)10-18-17(20)9-13(2)14-6-7-14/h3-5,8-9,14-15,19H,6-7,10-11H2,1-2H3,(H,18,20)/b13-9-. The molecule has 2 N–H and O–H groups in total. The summed E-state index contributed by atoms with van der Waals surface area (Å²) in [7, 11) is 0. The number of carbonyl (C=O) groups excluding carboxylic acids is 1. The Morgan fingerprint density at radius 1 is 1.52 bits per heavy atom. The second-order valence-electron chi connectivity index (χ2n) is 5.69. The molecule has 0 saturated heterocycles. The molecule has 1 aromatic carbocycles. The maximum Gasteiger partial charge on any atom is 0.244 e. The molecule has 114 valence electrons. The number of aliphatic hydroxyl groups is 1. The van der Waals surface area contributed by atoms with E-state index in [0.717, 1.165) is 16.9 Å². The number of rotatable bonds is 7. The van der Waals surface area contributed by atoms with Crippen LogP contribution in [0.5, 0.6) is 5.75 Å². The van der Waals surface area contributed by atoms with Crippen molar-refractivity contribution < 1.29 is 14.6 Å². The molecule has 1 amide bonds. The van der Waals surface area contributed by atoms with E-state index in [1.54, 1.807) is 6.08 Å². The highest BCUT2D eigenvalue weighted by molar-refractivity contribution is 5.88. The molecule has 4 heteroatoms. The monoisotopic (exact) mass is 289 g/mol. The van der Waals surface area contributed by atoms with Crippen LogP contribution in [-0.4, -0.2) is 30.3 Å². The highest BCUT2D eigenvalue weighted by atomic mass is 16.5. The normalized spacial score (nSPS) is 16.4. The fourth-order valence-corrected chi connectivity index (χ4v) is 2.09. The van der Waals surface area contributed by atoms with E-state index in [1.165, 1.54) is 12.8 Å². The van der Waals surface area contributed by atoms with Gasteiger partial charge in [-0.25, -0.2) is 0 Å². The molecule has 1 aliphatic rings. The predicted molar refractivity (Wildman–Crippen MR) is 82.2 cm³/mol. The van der Waals surface area contributed by atoms with Crippen molar-refractivity contribution in [3.63, 3.8) is 0 Å². The van der Waals surface area contributed by atoms with Crippen LogP contribution in [-0.2, 0) is 4.79 Å². The summed E-state index contributed by atoms with van der Waals surface area (Å²) in [5, 5.41) is 12.5. The minimum Gasteiger partial charge on any atom is -0.491 e. The Kier molecular flexibility index (Phi) is 5.39. The van der Waals surface area contributed by atoms with Crippen LogP contribution in [0, 0.1) is 12.8 Å². The largest absolute Gasteiger partial charge is 0.491 e. The van der Waals surface area contributed by atoms with Gasteiger partial charge >= 0.3 is 0 Å². The van der Waals surface area contributed by atoms with Gasteiger partial charge in [-0.1, -0.05) is 17.7 Å². The van der Waals surface area contributed by atoms with Gasteiger partial charge in [0.05, 0.1) is 0 Å². The van der Waals surface area contributed by atoms with E-state index in [4.69, 9.17) is 4.74 Å². The van der Waals surface area contributed by atoms with Crippen molar-refractivity contribution in [2.75, 3.05) is 13.2 Å². The first-order chi connectivity index (χ1) is 10.0. The molecule has 1 aromatic rings. The molecule has 1 atom stereocenters. The molecule has 1 aliphatic carbocycles. The molecular weight excluding hydrogens is 266 g/mol. The van der Waals surface area contributed by atoms with Crippen molar-refractivity contribution in [1.29, 1.82) is 0 Å². The number of ether oxygens (including phenoxy) is 1. The lowest BCUT2D eigenvalue weighted by atomic mass is 10.2. The number of amides is 1. The molecule has 0 heterocycles.